The second kappa shape index (κ2) is 5.66. The summed E-state index contributed by atoms with van der Waals surface area (Å²) in [6.45, 7) is 3.84. The SMILES string of the molecule is Cc1oncc1C(=O)N1[C@H]2COC[C@H]1CC(OCC1CC1)C2. The van der Waals surface area contributed by atoms with Crippen LogP contribution in [0.3, 0.4) is 0 Å². The second-order valence-corrected chi connectivity index (χ2v) is 6.72. The molecule has 1 aromatic rings. The first-order chi connectivity index (χ1) is 10.7. The van der Waals surface area contributed by atoms with E-state index in [0.29, 0.717) is 24.5 Å². The van der Waals surface area contributed by atoms with Gasteiger partial charge in [0.1, 0.15) is 11.3 Å². The third-order valence-electron chi connectivity index (χ3n) is 4.96. The van der Waals surface area contributed by atoms with Crippen molar-refractivity contribution in [2.75, 3.05) is 19.8 Å². The highest BCUT2D eigenvalue weighted by Gasteiger charge is 2.43. The van der Waals surface area contributed by atoms with Gasteiger partial charge < -0.3 is 18.9 Å². The van der Waals surface area contributed by atoms with Gasteiger partial charge in [0.05, 0.1) is 37.6 Å². The van der Waals surface area contributed by atoms with Crippen LogP contribution in [0.1, 0.15) is 41.8 Å². The third-order valence-corrected chi connectivity index (χ3v) is 4.96. The Balaban J connectivity index is 1.47. The smallest absolute Gasteiger partial charge is 0.259 e. The van der Waals surface area contributed by atoms with Crippen LogP contribution in [-0.4, -0.2) is 54.0 Å². The minimum atomic E-state index is 0.0118. The molecule has 3 aliphatic rings. The zero-order chi connectivity index (χ0) is 15.1. The van der Waals surface area contributed by atoms with Crippen molar-refractivity contribution in [2.45, 2.75) is 50.8 Å². The Morgan fingerprint density at radius 3 is 2.68 bits per heavy atom. The molecular formula is C16H22N2O4. The molecule has 1 aromatic heterocycles. The molecule has 2 aliphatic heterocycles. The van der Waals surface area contributed by atoms with Crippen molar-refractivity contribution in [1.82, 2.24) is 10.1 Å². The number of morpholine rings is 1. The standard InChI is InChI=1S/C16H22N2O4/c1-10-15(6-17-22-10)16(19)18-12-4-14(21-7-11-2-3-11)5-13(18)9-20-8-12/h6,11-14H,2-5,7-9H2,1H3/t12-,13-/m1/s1. The molecule has 1 saturated carbocycles. The van der Waals surface area contributed by atoms with E-state index in [9.17, 15) is 4.79 Å². The number of piperidine rings is 1. The summed E-state index contributed by atoms with van der Waals surface area (Å²) in [5.41, 5.74) is 0.564. The fourth-order valence-corrected chi connectivity index (χ4v) is 3.53. The van der Waals surface area contributed by atoms with Crippen LogP contribution in [0.15, 0.2) is 10.7 Å². The van der Waals surface area contributed by atoms with Crippen LogP contribution in [0.4, 0.5) is 0 Å². The summed E-state index contributed by atoms with van der Waals surface area (Å²) in [7, 11) is 0. The number of carbonyl (C=O) groups is 1. The summed E-state index contributed by atoms with van der Waals surface area (Å²) in [6.07, 6.45) is 6.11. The number of hydrogen-bond acceptors (Lipinski definition) is 5. The number of fused-ring (bicyclic) bond motifs is 2. The minimum absolute atomic E-state index is 0.0118. The molecule has 3 heterocycles. The van der Waals surface area contributed by atoms with Gasteiger partial charge in [-0.1, -0.05) is 5.16 Å². The summed E-state index contributed by atoms with van der Waals surface area (Å²) in [4.78, 5) is 14.8. The lowest BCUT2D eigenvalue weighted by Crippen LogP contribution is -2.60. The van der Waals surface area contributed by atoms with E-state index in [-0.39, 0.29) is 24.1 Å². The summed E-state index contributed by atoms with van der Waals surface area (Å²) in [5, 5.41) is 3.72. The molecule has 0 radical (unpaired) electrons. The van der Waals surface area contributed by atoms with Gasteiger partial charge >= 0.3 is 0 Å². The monoisotopic (exact) mass is 306 g/mol. The fraction of sp³-hybridized carbons (Fsp3) is 0.750. The van der Waals surface area contributed by atoms with E-state index in [1.54, 1.807) is 6.92 Å². The summed E-state index contributed by atoms with van der Waals surface area (Å²) >= 11 is 0. The molecule has 0 unspecified atom stereocenters. The van der Waals surface area contributed by atoms with Crippen molar-refractivity contribution in [2.24, 2.45) is 5.92 Å². The summed E-state index contributed by atoms with van der Waals surface area (Å²) in [5.74, 6) is 1.36. The van der Waals surface area contributed by atoms with Gasteiger partial charge in [0.2, 0.25) is 0 Å². The van der Waals surface area contributed by atoms with E-state index in [0.717, 1.165) is 25.4 Å². The molecule has 0 N–H and O–H groups in total. The maximum atomic E-state index is 12.8. The highest BCUT2D eigenvalue weighted by molar-refractivity contribution is 5.95. The second-order valence-electron chi connectivity index (χ2n) is 6.72. The lowest BCUT2D eigenvalue weighted by Gasteiger charge is -2.48. The molecule has 2 atom stereocenters. The van der Waals surface area contributed by atoms with Crippen LogP contribution in [0.2, 0.25) is 0 Å². The Hall–Kier alpha value is -1.40. The Morgan fingerprint density at radius 2 is 2.09 bits per heavy atom. The number of ether oxygens (including phenoxy) is 2. The first kappa shape index (κ1) is 14.2. The van der Waals surface area contributed by atoms with Gasteiger partial charge in [-0.15, -0.1) is 0 Å². The van der Waals surface area contributed by atoms with E-state index in [2.05, 4.69) is 5.16 Å². The van der Waals surface area contributed by atoms with Gasteiger partial charge in [-0.05, 0) is 38.5 Å². The highest BCUT2D eigenvalue weighted by Crippen LogP contribution is 2.34. The molecule has 2 bridgehead atoms. The van der Waals surface area contributed by atoms with E-state index < -0.39 is 0 Å². The van der Waals surface area contributed by atoms with Crippen molar-refractivity contribution < 1.29 is 18.8 Å². The van der Waals surface area contributed by atoms with Crippen molar-refractivity contribution in [3.63, 3.8) is 0 Å². The van der Waals surface area contributed by atoms with Gasteiger partial charge in [-0.25, -0.2) is 0 Å². The highest BCUT2D eigenvalue weighted by atomic mass is 16.5. The largest absolute Gasteiger partial charge is 0.378 e. The number of aromatic nitrogens is 1. The normalized spacial score (nSPS) is 31.3. The predicted molar refractivity (Wildman–Crippen MR) is 77.5 cm³/mol. The number of aryl methyl sites for hydroxylation is 1. The van der Waals surface area contributed by atoms with Crippen LogP contribution < -0.4 is 0 Å². The minimum Gasteiger partial charge on any atom is -0.378 e. The molecule has 0 aromatic carbocycles. The molecular weight excluding hydrogens is 284 g/mol. The van der Waals surface area contributed by atoms with E-state index in [1.165, 1.54) is 19.0 Å². The number of rotatable bonds is 4. The Labute approximate surface area is 129 Å². The van der Waals surface area contributed by atoms with Crippen molar-refractivity contribution in [1.29, 1.82) is 0 Å². The lowest BCUT2D eigenvalue weighted by atomic mass is 9.91. The predicted octanol–water partition coefficient (Wildman–Crippen LogP) is 1.78. The Bertz CT molecular complexity index is 540. The number of carbonyl (C=O) groups excluding carboxylic acids is 1. The van der Waals surface area contributed by atoms with Crippen LogP contribution in [0.5, 0.6) is 0 Å². The molecule has 120 valence electrons. The molecule has 3 fully saturated rings. The van der Waals surface area contributed by atoms with Gasteiger partial charge in [-0.3, -0.25) is 4.79 Å². The number of hydrogen-bond donors (Lipinski definition) is 0. The maximum Gasteiger partial charge on any atom is 0.259 e. The molecule has 22 heavy (non-hydrogen) atoms. The number of amides is 1. The molecule has 6 heteroatoms. The van der Waals surface area contributed by atoms with Crippen molar-refractivity contribution >= 4 is 5.91 Å². The molecule has 6 nitrogen and oxygen atoms in total. The van der Waals surface area contributed by atoms with Crippen molar-refractivity contribution in [3.8, 4) is 0 Å². The van der Waals surface area contributed by atoms with Gasteiger partial charge in [0.25, 0.3) is 5.91 Å². The van der Waals surface area contributed by atoms with Crippen molar-refractivity contribution in [3.05, 3.63) is 17.5 Å². The zero-order valence-corrected chi connectivity index (χ0v) is 12.9. The third kappa shape index (κ3) is 2.65. The van der Waals surface area contributed by atoms with Gasteiger partial charge in [0, 0.05) is 6.61 Å². The lowest BCUT2D eigenvalue weighted by molar-refractivity contribution is -0.104. The van der Waals surface area contributed by atoms with Crippen LogP contribution in [0, 0.1) is 12.8 Å². The molecule has 0 spiro atoms. The number of nitrogens with zero attached hydrogens (tertiary/aromatic N) is 2. The molecule has 1 amide bonds. The zero-order valence-electron chi connectivity index (χ0n) is 12.9. The Morgan fingerprint density at radius 1 is 1.36 bits per heavy atom. The van der Waals surface area contributed by atoms with Crippen LogP contribution in [0.25, 0.3) is 0 Å². The van der Waals surface area contributed by atoms with Crippen LogP contribution >= 0.6 is 0 Å². The summed E-state index contributed by atoms with van der Waals surface area (Å²) in [6, 6.07) is 0.192. The first-order valence-corrected chi connectivity index (χ1v) is 8.15. The van der Waals surface area contributed by atoms with Crippen LogP contribution in [-0.2, 0) is 9.47 Å². The average Bonchev–Trinajstić information content (AvgIpc) is 3.23. The fourth-order valence-electron chi connectivity index (χ4n) is 3.53. The molecule has 2 saturated heterocycles. The first-order valence-electron chi connectivity index (χ1n) is 8.15. The Kier molecular flexibility index (Phi) is 3.66. The topological polar surface area (TPSA) is 64.8 Å². The van der Waals surface area contributed by atoms with E-state index in [1.807, 2.05) is 4.90 Å². The maximum absolute atomic E-state index is 12.8. The van der Waals surface area contributed by atoms with E-state index >= 15 is 0 Å². The van der Waals surface area contributed by atoms with E-state index in [4.69, 9.17) is 14.0 Å². The van der Waals surface area contributed by atoms with Gasteiger partial charge in [0.15, 0.2) is 0 Å². The molecule has 1 aliphatic carbocycles. The average molecular weight is 306 g/mol. The molecule has 4 rings (SSSR count). The van der Waals surface area contributed by atoms with Gasteiger partial charge in [-0.2, -0.15) is 0 Å². The quantitative estimate of drug-likeness (QED) is 0.848. The summed E-state index contributed by atoms with van der Waals surface area (Å²) < 4.78 is 16.8.